The second kappa shape index (κ2) is 4.76. The van der Waals surface area contributed by atoms with Crippen LogP contribution < -0.4 is 4.74 Å². The van der Waals surface area contributed by atoms with E-state index in [2.05, 4.69) is 15.6 Å². The molecular formula is C14H18N2OS. The van der Waals surface area contributed by atoms with E-state index in [4.69, 9.17) is 17.0 Å². The van der Waals surface area contributed by atoms with E-state index in [0.717, 1.165) is 34.0 Å². The highest BCUT2D eigenvalue weighted by atomic mass is 32.1. The molecule has 0 radical (unpaired) electrons. The van der Waals surface area contributed by atoms with E-state index >= 15 is 0 Å². The Hall–Kier alpha value is -1.29. The van der Waals surface area contributed by atoms with Gasteiger partial charge >= 0.3 is 0 Å². The fourth-order valence-electron chi connectivity index (χ4n) is 2.49. The largest absolute Gasteiger partial charge is 0.494 e. The first kappa shape index (κ1) is 11.8. The number of para-hydroxylation sites is 1. The Morgan fingerprint density at radius 1 is 1.44 bits per heavy atom. The Morgan fingerprint density at radius 3 is 3.00 bits per heavy atom. The third-order valence-electron chi connectivity index (χ3n) is 3.68. The van der Waals surface area contributed by atoms with Crippen molar-refractivity contribution in [1.82, 2.24) is 9.55 Å². The SMILES string of the molecule is COc1cccc2c1[nH]c(=S)n2CCCC1CC1. The standard InChI is InChI=1S/C14H18N2OS/c1-17-12-6-2-5-11-13(12)15-14(18)16(11)9-3-4-10-7-8-10/h2,5-6,10H,3-4,7-9H2,1H3,(H,15,18). The molecule has 1 aromatic heterocycles. The van der Waals surface area contributed by atoms with Crippen LogP contribution in [0.3, 0.4) is 0 Å². The Balaban J connectivity index is 1.89. The molecule has 3 rings (SSSR count). The summed E-state index contributed by atoms with van der Waals surface area (Å²) >= 11 is 5.41. The fourth-order valence-corrected chi connectivity index (χ4v) is 2.78. The summed E-state index contributed by atoms with van der Waals surface area (Å²) in [7, 11) is 1.69. The molecule has 0 spiro atoms. The first-order valence-electron chi connectivity index (χ1n) is 6.55. The Kier molecular flexibility index (Phi) is 3.12. The van der Waals surface area contributed by atoms with Crippen LogP contribution in [0.25, 0.3) is 11.0 Å². The van der Waals surface area contributed by atoms with Crippen LogP contribution in [0.5, 0.6) is 5.75 Å². The molecule has 1 heterocycles. The van der Waals surface area contributed by atoms with Crippen LogP contribution in [-0.4, -0.2) is 16.7 Å². The molecule has 0 bridgehead atoms. The lowest BCUT2D eigenvalue weighted by molar-refractivity contribution is 0.419. The molecule has 18 heavy (non-hydrogen) atoms. The van der Waals surface area contributed by atoms with Gasteiger partial charge in [0.1, 0.15) is 11.3 Å². The van der Waals surface area contributed by atoms with Crippen molar-refractivity contribution in [3.63, 3.8) is 0 Å². The summed E-state index contributed by atoms with van der Waals surface area (Å²) in [6.07, 6.45) is 5.39. The lowest BCUT2D eigenvalue weighted by Crippen LogP contribution is -1.98. The van der Waals surface area contributed by atoms with Gasteiger partial charge in [-0.2, -0.15) is 0 Å². The molecule has 1 N–H and O–H groups in total. The minimum Gasteiger partial charge on any atom is -0.494 e. The minimum absolute atomic E-state index is 0.797. The summed E-state index contributed by atoms with van der Waals surface area (Å²) in [5.41, 5.74) is 2.16. The maximum Gasteiger partial charge on any atom is 0.178 e. The quantitative estimate of drug-likeness (QED) is 0.828. The lowest BCUT2D eigenvalue weighted by Gasteiger charge is -2.05. The van der Waals surface area contributed by atoms with Crippen LogP contribution in [0.1, 0.15) is 25.7 Å². The summed E-state index contributed by atoms with van der Waals surface area (Å²) in [4.78, 5) is 3.25. The molecular weight excluding hydrogens is 244 g/mol. The van der Waals surface area contributed by atoms with Crippen LogP contribution in [0.2, 0.25) is 0 Å². The number of aromatic nitrogens is 2. The van der Waals surface area contributed by atoms with Gasteiger partial charge in [0, 0.05) is 6.54 Å². The molecule has 1 saturated carbocycles. The molecule has 4 heteroatoms. The minimum atomic E-state index is 0.797. The number of nitrogens with one attached hydrogen (secondary N) is 1. The lowest BCUT2D eigenvalue weighted by atomic mass is 10.2. The molecule has 1 aliphatic rings. The second-order valence-electron chi connectivity index (χ2n) is 5.02. The van der Waals surface area contributed by atoms with E-state index in [1.807, 2.05) is 12.1 Å². The molecule has 0 atom stereocenters. The summed E-state index contributed by atoms with van der Waals surface area (Å²) in [6.45, 7) is 1.00. The first-order valence-corrected chi connectivity index (χ1v) is 6.96. The van der Waals surface area contributed by atoms with E-state index in [1.165, 1.54) is 25.7 Å². The van der Waals surface area contributed by atoms with E-state index in [-0.39, 0.29) is 0 Å². The number of rotatable bonds is 5. The summed E-state index contributed by atoms with van der Waals surface area (Å²) < 4.78 is 8.34. The van der Waals surface area contributed by atoms with Crippen LogP contribution in [0, 0.1) is 10.7 Å². The van der Waals surface area contributed by atoms with Gasteiger partial charge in [-0.1, -0.05) is 18.9 Å². The summed E-state index contributed by atoms with van der Waals surface area (Å²) in [5.74, 6) is 1.85. The number of imidazole rings is 1. The maximum absolute atomic E-state index is 5.41. The molecule has 1 fully saturated rings. The number of fused-ring (bicyclic) bond motifs is 1. The van der Waals surface area contributed by atoms with Gasteiger partial charge in [-0.05, 0) is 43.1 Å². The van der Waals surface area contributed by atoms with E-state index in [1.54, 1.807) is 7.11 Å². The number of nitrogens with zero attached hydrogens (tertiary/aromatic N) is 1. The average Bonchev–Trinajstić information content (AvgIpc) is 3.14. The van der Waals surface area contributed by atoms with Gasteiger partial charge in [-0.25, -0.2) is 0 Å². The van der Waals surface area contributed by atoms with Gasteiger partial charge in [0.15, 0.2) is 4.77 Å². The second-order valence-corrected chi connectivity index (χ2v) is 5.41. The highest BCUT2D eigenvalue weighted by Gasteiger charge is 2.20. The van der Waals surface area contributed by atoms with Crippen LogP contribution in [0.4, 0.5) is 0 Å². The average molecular weight is 262 g/mol. The number of hydrogen-bond donors (Lipinski definition) is 1. The van der Waals surface area contributed by atoms with E-state index < -0.39 is 0 Å². The third-order valence-corrected chi connectivity index (χ3v) is 4.01. The predicted octanol–water partition coefficient (Wildman–Crippen LogP) is 3.90. The zero-order valence-corrected chi connectivity index (χ0v) is 11.4. The fraction of sp³-hybridized carbons (Fsp3) is 0.500. The number of aryl methyl sites for hydroxylation is 1. The van der Waals surface area contributed by atoms with Crippen LogP contribution in [0.15, 0.2) is 18.2 Å². The zero-order chi connectivity index (χ0) is 12.5. The van der Waals surface area contributed by atoms with Crippen molar-refractivity contribution in [2.75, 3.05) is 7.11 Å². The van der Waals surface area contributed by atoms with E-state index in [0.29, 0.717) is 0 Å². The van der Waals surface area contributed by atoms with Gasteiger partial charge < -0.3 is 14.3 Å². The molecule has 0 saturated heterocycles. The molecule has 1 aromatic carbocycles. The topological polar surface area (TPSA) is 29.9 Å². The Labute approximate surface area is 112 Å². The van der Waals surface area contributed by atoms with Crippen LogP contribution in [-0.2, 0) is 6.54 Å². The Morgan fingerprint density at radius 2 is 2.28 bits per heavy atom. The van der Waals surface area contributed by atoms with Gasteiger partial charge in [-0.15, -0.1) is 0 Å². The Bertz CT molecular complexity index is 610. The maximum atomic E-state index is 5.41. The van der Waals surface area contributed by atoms with Crippen molar-refractivity contribution in [2.45, 2.75) is 32.2 Å². The third kappa shape index (κ3) is 2.17. The number of benzene rings is 1. The number of H-pyrrole nitrogens is 1. The van der Waals surface area contributed by atoms with Crippen molar-refractivity contribution >= 4 is 23.3 Å². The van der Waals surface area contributed by atoms with Crippen molar-refractivity contribution in [3.8, 4) is 5.75 Å². The molecule has 2 aromatic rings. The van der Waals surface area contributed by atoms with Crippen molar-refractivity contribution in [3.05, 3.63) is 23.0 Å². The number of hydrogen-bond acceptors (Lipinski definition) is 2. The van der Waals surface area contributed by atoms with Crippen molar-refractivity contribution in [1.29, 1.82) is 0 Å². The first-order chi connectivity index (χ1) is 8.79. The highest BCUT2D eigenvalue weighted by Crippen LogP contribution is 2.34. The smallest absolute Gasteiger partial charge is 0.178 e. The monoisotopic (exact) mass is 262 g/mol. The van der Waals surface area contributed by atoms with Crippen molar-refractivity contribution in [2.24, 2.45) is 5.92 Å². The zero-order valence-electron chi connectivity index (χ0n) is 10.6. The molecule has 0 amide bonds. The molecule has 3 nitrogen and oxygen atoms in total. The normalized spacial score (nSPS) is 15.2. The number of methoxy groups -OCH3 is 1. The number of ether oxygens (including phenoxy) is 1. The van der Waals surface area contributed by atoms with Gasteiger partial charge in [-0.3, -0.25) is 0 Å². The molecule has 0 unspecified atom stereocenters. The molecule has 96 valence electrons. The number of aromatic amines is 1. The van der Waals surface area contributed by atoms with Crippen LogP contribution >= 0.6 is 12.2 Å². The molecule has 0 aliphatic heterocycles. The summed E-state index contributed by atoms with van der Waals surface area (Å²) in [5, 5.41) is 0. The highest BCUT2D eigenvalue weighted by molar-refractivity contribution is 7.71. The van der Waals surface area contributed by atoms with Gasteiger partial charge in [0.25, 0.3) is 0 Å². The van der Waals surface area contributed by atoms with Crippen molar-refractivity contribution < 1.29 is 4.74 Å². The van der Waals surface area contributed by atoms with E-state index in [9.17, 15) is 0 Å². The molecule has 1 aliphatic carbocycles. The predicted molar refractivity (Wildman–Crippen MR) is 75.6 cm³/mol. The summed E-state index contributed by atoms with van der Waals surface area (Å²) in [6, 6.07) is 6.07. The van der Waals surface area contributed by atoms with Gasteiger partial charge in [0.05, 0.1) is 12.6 Å². The van der Waals surface area contributed by atoms with Gasteiger partial charge in [0.2, 0.25) is 0 Å².